The van der Waals surface area contributed by atoms with E-state index in [1.165, 1.54) is 0 Å². The van der Waals surface area contributed by atoms with E-state index in [1.807, 2.05) is 42.2 Å². The van der Waals surface area contributed by atoms with E-state index in [1.54, 1.807) is 6.07 Å². The highest BCUT2D eigenvalue weighted by atomic mass is 16.5. The van der Waals surface area contributed by atoms with Crippen molar-refractivity contribution >= 4 is 22.5 Å². The molecule has 30 heavy (non-hydrogen) atoms. The van der Waals surface area contributed by atoms with Crippen LogP contribution in [0.5, 0.6) is 5.75 Å². The van der Waals surface area contributed by atoms with Gasteiger partial charge in [0.2, 0.25) is 17.1 Å². The van der Waals surface area contributed by atoms with E-state index in [2.05, 4.69) is 24.0 Å². The quantitative estimate of drug-likeness (QED) is 0.592. The molecule has 0 saturated carbocycles. The Morgan fingerprint density at radius 1 is 1.07 bits per heavy atom. The van der Waals surface area contributed by atoms with Gasteiger partial charge in [-0.25, -0.2) is 0 Å². The normalized spacial score (nSPS) is 14.1. The summed E-state index contributed by atoms with van der Waals surface area (Å²) in [6, 6.07) is 15.8. The average Bonchev–Trinajstić information content (AvgIpc) is 2.79. The third-order valence-electron chi connectivity index (χ3n) is 5.46. The first-order chi connectivity index (χ1) is 14.7. The fourth-order valence-corrected chi connectivity index (χ4v) is 3.80. The Hall–Kier alpha value is -2.99. The lowest BCUT2D eigenvalue weighted by Crippen LogP contribution is -2.37. The molecule has 1 aliphatic heterocycles. The molecule has 3 aromatic rings. The van der Waals surface area contributed by atoms with Gasteiger partial charge in [0.1, 0.15) is 12.2 Å². The number of hydrogen-bond acceptors (Lipinski definition) is 6. The van der Waals surface area contributed by atoms with E-state index < -0.39 is 0 Å². The van der Waals surface area contributed by atoms with Gasteiger partial charge < -0.3 is 23.7 Å². The minimum absolute atomic E-state index is 0.121. The van der Waals surface area contributed by atoms with Crippen LogP contribution >= 0.6 is 0 Å². The van der Waals surface area contributed by atoms with Crippen molar-refractivity contribution in [3.63, 3.8) is 0 Å². The number of benzene rings is 2. The van der Waals surface area contributed by atoms with Crippen LogP contribution in [0.1, 0.15) is 12.5 Å². The highest BCUT2D eigenvalue weighted by molar-refractivity contribution is 5.83. The molecule has 0 bridgehead atoms. The molecule has 0 aliphatic carbocycles. The molecule has 0 unspecified atom stereocenters. The van der Waals surface area contributed by atoms with Crippen molar-refractivity contribution in [1.29, 1.82) is 0 Å². The molecular weight excluding hydrogens is 380 g/mol. The maximum absolute atomic E-state index is 13.3. The molecule has 1 saturated heterocycles. The van der Waals surface area contributed by atoms with E-state index in [-0.39, 0.29) is 5.43 Å². The minimum Gasteiger partial charge on any atom is -0.483 e. The Kier molecular flexibility index (Phi) is 6.23. The van der Waals surface area contributed by atoms with E-state index in [9.17, 15) is 4.79 Å². The SMILES string of the molecule is CCN(CCOc1c(N2CCOCC2)oc2c(C)cccc2c1=O)c1ccccc1. The summed E-state index contributed by atoms with van der Waals surface area (Å²) < 4.78 is 17.8. The first-order valence-corrected chi connectivity index (χ1v) is 10.5. The molecule has 2 heterocycles. The molecule has 4 rings (SSSR count). The van der Waals surface area contributed by atoms with Crippen molar-refractivity contribution < 1.29 is 13.9 Å². The maximum atomic E-state index is 13.3. The topological polar surface area (TPSA) is 55.1 Å². The first kappa shape index (κ1) is 20.3. The van der Waals surface area contributed by atoms with Crippen molar-refractivity contribution in [2.45, 2.75) is 13.8 Å². The lowest BCUT2D eigenvalue weighted by Gasteiger charge is -2.29. The van der Waals surface area contributed by atoms with Gasteiger partial charge in [0.15, 0.2) is 0 Å². The predicted molar refractivity (Wildman–Crippen MR) is 120 cm³/mol. The minimum atomic E-state index is -0.121. The number of likely N-dealkylation sites (N-methyl/N-ethyl adjacent to an activating group) is 1. The molecule has 0 radical (unpaired) electrons. The van der Waals surface area contributed by atoms with Crippen molar-refractivity contribution in [3.8, 4) is 5.75 Å². The van der Waals surface area contributed by atoms with Crippen LogP contribution in [0.4, 0.5) is 11.6 Å². The Labute approximate surface area is 176 Å². The van der Waals surface area contributed by atoms with Crippen LogP contribution in [0, 0.1) is 6.92 Å². The summed E-state index contributed by atoms with van der Waals surface area (Å²) >= 11 is 0. The summed E-state index contributed by atoms with van der Waals surface area (Å²) in [6.45, 7) is 8.53. The summed E-state index contributed by atoms with van der Waals surface area (Å²) in [7, 11) is 0. The summed E-state index contributed by atoms with van der Waals surface area (Å²) in [6.07, 6.45) is 0. The molecule has 6 nitrogen and oxygen atoms in total. The van der Waals surface area contributed by atoms with E-state index in [0.717, 1.165) is 17.8 Å². The second-order valence-corrected chi connectivity index (χ2v) is 7.38. The van der Waals surface area contributed by atoms with Gasteiger partial charge in [0.25, 0.3) is 0 Å². The maximum Gasteiger partial charge on any atom is 0.243 e. The zero-order valence-electron chi connectivity index (χ0n) is 17.6. The van der Waals surface area contributed by atoms with Crippen LogP contribution in [0.15, 0.2) is 57.7 Å². The Balaban J connectivity index is 1.63. The number of anilines is 2. The monoisotopic (exact) mass is 408 g/mol. The molecule has 0 N–H and O–H groups in total. The third kappa shape index (κ3) is 4.14. The number of hydrogen-bond donors (Lipinski definition) is 0. The molecule has 0 spiro atoms. The molecule has 158 valence electrons. The van der Waals surface area contributed by atoms with Crippen LogP contribution < -0.4 is 20.0 Å². The zero-order valence-corrected chi connectivity index (χ0v) is 17.6. The summed E-state index contributed by atoms with van der Waals surface area (Å²) in [5.41, 5.74) is 2.57. The Bertz CT molecular complexity index is 1040. The van der Waals surface area contributed by atoms with E-state index in [0.29, 0.717) is 62.1 Å². The number of aryl methyl sites for hydroxylation is 1. The van der Waals surface area contributed by atoms with Crippen LogP contribution in [0.25, 0.3) is 11.0 Å². The number of para-hydroxylation sites is 2. The largest absolute Gasteiger partial charge is 0.483 e. The fourth-order valence-electron chi connectivity index (χ4n) is 3.80. The van der Waals surface area contributed by atoms with Gasteiger partial charge in [-0.1, -0.05) is 30.3 Å². The van der Waals surface area contributed by atoms with Crippen molar-refractivity contribution in [1.82, 2.24) is 0 Å². The van der Waals surface area contributed by atoms with E-state index >= 15 is 0 Å². The highest BCUT2D eigenvalue weighted by Crippen LogP contribution is 2.31. The first-order valence-electron chi connectivity index (χ1n) is 10.5. The standard InChI is InChI=1S/C24H28N2O4/c1-3-25(19-9-5-4-6-10-19)14-17-29-23-21(27)20-11-7-8-18(2)22(20)30-24(23)26-12-15-28-16-13-26/h4-11H,3,12-17H2,1-2H3. The molecule has 0 amide bonds. The van der Waals surface area contributed by atoms with Gasteiger partial charge in [0.05, 0.1) is 25.1 Å². The molecule has 1 aliphatic rings. The number of rotatable bonds is 7. The Morgan fingerprint density at radius 3 is 2.57 bits per heavy atom. The van der Waals surface area contributed by atoms with Gasteiger partial charge in [-0.05, 0) is 37.6 Å². The molecular formula is C24H28N2O4. The number of ether oxygens (including phenoxy) is 2. The van der Waals surface area contributed by atoms with Crippen molar-refractivity contribution in [2.75, 3.05) is 55.8 Å². The summed E-state index contributed by atoms with van der Waals surface area (Å²) in [5.74, 6) is 0.798. The zero-order chi connectivity index (χ0) is 20.9. The predicted octanol–water partition coefficient (Wildman–Crippen LogP) is 3.84. The smallest absolute Gasteiger partial charge is 0.243 e. The van der Waals surface area contributed by atoms with Crippen LogP contribution in [0.2, 0.25) is 0 Å². The summed E-state index contributed by atoms with van der Waals surface area (Å²) in [4.78, 5) is 17.6. The molecule has 1 fully saturated rings. The lowest BCUT2D eigenvalue weighted by atomic mass is 10.1. The van der Waals surface area contributed by atoms with Gasteiger partial charge in [0, 0.05) is 25.3 Å². The van der Waals surface area contributed by atoms with Crippen molar-refractivity contribution in [2.24, 2.45) is 0 Å². The van der Waals surface area contributed by atoms with Gasteiger partial charge in [-0.15, -0.1) is 0 Å². The average molecular weight is 408 g/mol. The molecule has 0 atom stereocenters. The molecule has 2 aromatic carbocycles. The second-order valence-electron chi connectivity index (χ2n) is 7.38. The van der Waals surface area contributed by atoms with Gasteiger partial charge in [-0.3, -0.25) is 4.79 Å². The van der Waals surface area contributed by atoms with E-state index in [4.69, 9.17) is 13.9 Å². The molecule has 6 heteroatoms. The highest BCUT2D eigenvalue weighted by Gasteiger charge is 2.24. The third-order valence-corrected chi connectivity index (χ3v) is 5.46. The fraction of sp³-hybridized carbons (Fsp3) is 0.375. The van der Waals surface area contributed by atoms with Crippen molar-refractivity contribution in [3.05, 3.63) is 64.3 Å². The van der Waals surface area contributed by atoms with Crippen LogP contribution in [-0.4, -0.2) is 46.0 Å². The van der Waals surface area contributed by atoms with Gasteiger partial charge >= 0.3 is 0 Å². The number of morpholine rings is 1. The molecule has 1 aromatic heterocycles. The van der Waals surface area contributed by atoms with Gasteiger partial charge in [-0.2, -0.15) is 0 Å². The number of fused-ring (bicyclic) bond motifs is 1. The van der Waals surface area contributed by atoms with Crippen LogP contribution in [-0.2, 0) is 4.74 Å². The Morgan fingerprint density at radius 2 is 1.83 bits per heavy atom. The second kappa shape index (κ2) is 9.22. The summed E-state index contributed by atoms with van der Waals surface area (Å²) in [5, 5.41) is 0.553. The van der Waals surface area contributed by atoms with Crippen LogP contribution in [0.3, 0.4) is 0 Å². The number of nitrogens with zero attached hydrogens (tertiary/aromatic N) is 2. The lowest BCUT2D eigenvalue weighted by molar-refractivity contribution is 0.120.